The third-order valence-electron chi connectivity index (χ3n) is 6.19. The maximum atomic E-state index is 13.4. The molecule has 4 nitrogen and oxygen atoms in total. The van der Waals surface area contributed by atoms with Crippen LogP contribution in [0.1, 0.15) is 10.4 Å². The predicted molar refractivity (Wildman–Crippen MR) is 131 cm³/mol. The lowest BCUT2D eigenvalue weighted by molar-refractivity contribution is 0.0790. The fourth-order valence-corrected chi connectivity index (χ4v) is 5.84. The molecule has 1 saturated heterocycles. The Bertz CT molecular complexity index is 1360. The first-order chi connectivity index (χ1) is 15.7. The van der Waals surface area contributed by atoms with Gasteiger partial charge in [0, 0.05) is 42.3 Å². The number of halogens is 1. The van der Waals surface area contributed by atoms with E-state index in [2.05, 4.69) is 23.2 Å². The Hall–Kier alpha value is -3.15. The van der Waals surface area contributed by atoms with Crippen molar-refractivity contribution < 1.29 is 4.79 Å². The molecule has 6 heteroatoms. The van der Waals surface area contributed by atoms with Crippen LogP contribution in [-0.2, 0) is 0 Å². The van der Waals surface area contributed by atoms with E-state index < -0.39 is 0 Å². The lowest BCUT2D eigenvalue weighted by atomic mass is 9.99. The summed E-state index contributed by atoms with van der Waals surface area (Å²) in [6, 6.07) is 23.8. The molecule has 1 unspecified atom stereocenters. The Morgan fingerprint density at radius 3 is 2.66 bits per heavy atom. The number of fused-ring (bicyclic) bond motifs is 2. The number of amides is 1. The number of benzene rings is 3. The summed E-state index contributed by atoms with van der Waals surface area (Å²) in [5, 5.41) is 1.71. The highest BCUT2D eigenvalue weighted by Crippen LogP contribution is 2.37. The van der Waals surface area contributed by atoms with Crippen LogP contribution in [0.4, 0.5) is 5.13 Å². The SMILES string of the molecule is O=C(c1ccccc1-c1ccccc1)N1CC2=CN(c3nc4ccc(Cl)cc4s3)CC2C1. The summed E-state index contributed by atoms with van der Waals surface area (Å²) in [7, 11) is 0. The molecule has 6 rings (SSSR count). The molecule has 3 aromatic carbocycles. The van der Waals surface area contributed by atoms with Crippen LogP contribution in [-0.4, -0.2) is 35.4 Å². The molecule has 1 atom stereocenters. The van der Waals surface area contributed by atoms with E-state index in [0.717, 1.165) is 50.2 Å². The number of thiazole rings is 1. The van der Waals surface area contributed by atoms with E-state index in [9.17, 15) is 4.79 Å². The number of aromatic nitrogens is 1. The predicted octanol–water partition coefficient (Wildman–Crippen LogP) is 6.09. The minimum atomic E-state index is 0.0981. The fourth-order valence-electron chi connectivity index (χ4n) is 4.62. The van der Waals surface area contributed by atoms with Gasteiger partial charge in [-0.3, -0.25) is 4.79 Å². The second-order valence-electron chi connectivity index (χ2n) is 8.26. The normalized spacial score (nSPS) is 17.7. The van der Waals surface area contributed by atoms with Crippen molar-refractivity contribution >= 4 is 44.2 Å². The monoisotopic (exact) mass is 457 g/mol. The van der Waals surface area contributed by atoms with E-state index in [1.54, 1.807) is 11.3 Å². The molecular weight excluding hydrogens is 438 g/mol. The van der Waals surface area contributed by atoms with E-state index in [0.29, 0.717) is 12.5 Å². The summed E-state index contributed by atoms with van der Waals surface area (Å²) in [6.07, 6.45) is 2.18. The molecule has 32 heavy (non-hydrogen) atoms. The summed E-state index contributed by atoms with van der Waals surface area (Å²) in [5.41, 5.74) is 5.09. The third kappa shape index (κ3) is 3.38. The van der Waals surface area contributed by atoms with Gasteiger partial charge in [-0.15, -0.1) is 0 Å². The summed E-state index contributed by atoms with van der Waals surface area (Å²) in [4.78, 5) is 22.4. The molecule has 0 radical (unpaired) electrons. The van der Waals surface area contributed by atoms with Gasteiger partial charge in [-0.25, -0.2) is 4.98 Å². The van der Waals surface area contributed by atoms with Gasteiger partial charge in [-0.05, 0) is 41.0 Å². The number of hydrogen-bond donors (Lipinski definition) is 0. The van der Waals surface area contributed by atoms with Gasteiger partial charge in [0.2, 0.25) is 0 Å². The number of nitrogens with zero attached hydrogens (tertiary/aromatic N) is 3. The van der Waals surface area contributed by atoms with Crippen molar-refractivity contribution in [2.75, 3.05) is 24.5 Å². The largest absolute Gasteiger partial charge is 0.334 e. The zero-order valence-electron chi connectivity index (χ0n) is 17.2. The Morgan fingerprint density at radius 1 is 1.00 bits per heavy atom. The Morgan fingerprint density at radius 2 is 1.81 bits per heavy atom. The molecule has 4 aromatic rings. The standard InChI is InChI=1S/C26H20ClN3OS/c27-20-10-11-23-24(12-20)32-26(28-23)30-15-18-13-29(14-19(18)16-30)25(31)22-9-5-4-8-21(22)17-6-2-1-3-7-17/h1-12,15,19H,13-14,16H2. The van der Waals surface area contributed by atoms with Crippen molar-refractivity contribution in [3.63, 3.8) is 0 Å². The number of hydrogen-bond acceptors (Lipinski definition) is 4. The number of carbonyl (C=O) groups excluding carboxylic acids is 1. The van der Waals surface area contributed by atoms with Gasteiger partial charge >= 0.3 is 0 Å². The van der Waals surface area contributed by atoms with Gasteiger partial charge in [0.15, 0.2) is 5.13 Å². The zero-order chi connectivity index (χ0) is 21.7. The van der Waals surface area contributed by atoms with Crippen molar-refractivity contribution in [3.8, 4) is 11.1 Å². The Kier molecular flexibility index (Phi) is 4.74. The van der Waals surface area contributed by atoms with Crippen LogP contribution in [0.25, 0.3) is 21.3 Å². The van der Waals surface area contributed by atoms with Crippen LogP contribution in [0, 0.1) is 5.92 Å². The minimum Gasteiger partial charge on any atom is -0.334 e. The highest BCUT2D eigenvalue weighted by Gasteiger charge is 2.37. The van der Waals surface area contributed by atoms with Crippen LogP contribution in [0.3, 0.4) is 0 Å². The van der Waals surface area contributed by atoms with E-state index in [4.69, 9.17) is 16.6 Å². The van der Waals surface area contributed by atoms with Gasteiger partial charge in [-0.1, -0.05) is 71.5 Å². The maximum Gasteiger partial charge on any atom is 0.254 e. The number of rotatable bonds is 3. The molecule has 0 saturated carbocycles. The third-order valence-corrected chi connectivity index (χ3v) is 7.48. The summed E-state index contributed by atoms with van der Waals surface area (Å²) >= 11 is 7.78. The summed E-state index contributed by atoms with van der Waals surface area (Å²) < 4.78 is 1.09. The van der Waals surface area contributed by atoms with Crippen LogP contribution >= 0.6 is 22.9 Å². The molecule has 158 valence electrons. The average Bonchev–Trinajstić information content (AvgIpc) is 3.52. The molecule has 2 aliphatic heterocycles. The van der Waals surface area contributed by atoms with Crippen LogP contribution < -0.4 is 4.90 Å². The molecule has 0 bridgehead atoms. The molecule has 1 aromatic heterocycles. The van der Waals surface area contributed by atoms with E-state index in [1.807, 2.05) is 65.6 Å². The molecule has 1 amide bonds. The lowest BCUT2D eigenvalue weighted by Gasteiger charge is -2.20. The zero-order valence-corrected chi connectivity index (χ0v) is 18.8. The second kappa shape index (κ2) is 7.76. The quantitative estimate of drug-likeness (QED) is 0.373. The van der Waals surface area contributed by atoms with E-state index in [1.165, 1.54) is 5.57 Å². The van der Waals surface area contributed by atoms with Crippen molar-refractivity contribution in [2.45, 2.75) is 0 Å². The van der Waals surface area contributed by atoms with Gasteiger partial charge in [-0.2, -0.15) is 0 Å². The topological polar surface area (TPSA) is 36.4 Å². The van der Waals surface area contributed by atoms with Gasteiger partial charge in [0.1, 0.15) is 0 Å². The molecule has 1 fully saturated rings. The fraction of sp³-hybridized carbons (Fsp3) is 0.154. The van der Waals surface area contributed by atoms with Gasteiger partial charge < -0.3 is 9.80 Å². The maximum absolute atomic E-state index is 13.4. The average molecular weight is 458 g/mol. The lowest BCUT2D eigenvalue weighted by Crippen LogP contribution is -2.31. The Labute approximate surface area is 195 Å². The van der Waals surface area contributed by atoms with Crippen LogP contribution in [0.15, 0.2) is 84.6 Å². The highest BCUT2D eigenvalue weighted by molar-refractivity contribution is 7.22. The van der Waals surface area contributed by atoms with E-state index in [-0.39, 0.29) is 5.91 Å². The molecule has 0 N–H and O–H groups in total. The molecule has 2 aliphatic rings. The summed E-state index contributed by atoms with van der Waals surface area (Å²) in [6.45, 7) is 2.26. The highest BCUT2D eigenvalue weighted by atomic mass is 35.5. The van der Waals surface area contributed by atoms with Crippen LogP contribution in [0.2, 0.25) is 5.02 Å². The van der Waals surface area contributed by atoms with Crippen molar-refractivity contribution in [1.29, 1.82) is 0 Å². The first-order valence-electron chi connectivity index (χ1n) is 10.6. The molecule has 0 spiro atoms. The smallest absolute Gasteiger partial charge is 0.254 e. The van der Waals surface area contributed by atoms with E-state index >= 15 is 0 Å². The second-order valence-corrected chi connectivity index (χ2v) is 9.70. The first kappa shape index (κ1) is 19.5. The van der Waals surface area contributed by atoms with Gasteiger partial charge in [0.05, 0.1) is 10.2 Å². The minimum absolute atomic E-state index is 0.0981. The molecule has 0 aliphatic carbocycles. The van der Waals surface area contributed by atoms with Crippen molar-refractivity contribution in [1.82, 2.24) is 9.88 Å². The number of anilines is 1. The molecular formula is C26H20ClN3OS. The van der Waals surface area contributed by atoms with Crippen molar-refractivity contribution in [3.05, 3.63) is 95.2 Å². The summed E-state index contributed by atoms with van der Waals surface area (Å²) in [5.74, 6) is 0.444. The van der Waals surface area contributed by atoms with Crippen LogP contribution in [0.5, 0.6) is 0 Å². The molecule has 3 heterocycles. The van der Waals surface area contributed by atoms with Gasteiger partial charge in [0.25, 0.3) is 5.91 Å². The number of carbonyl (C=O) groups is 1. The van der Waals surface area contributed by atoms with Crippen molar-refractivity contribution in [2.24, 2.45) is 5.92 Å². The number of likely N-dealkylation sites (tertiary alicyclic amines) is 1. The first-order valence-corrected chi connectivity index (χ1v) is 11.8. The Balaban J connectivity index is 1.24.